The van der Waals surface area contributed by atoms with Gasteiger partial charge in [-0.3, -0.25) is 0 Å². The van der Waals surface area contributed by atoms with Gasteiger partial charge in [0, 0.05) is 11.9 Å². The maximum atomic E-state index is 12.2. The van der Waals surface area contributed by atoms with Gasteiger partial charge in [0.25, 0.3) is 0 Å². The van der Waals surface area contributed by atoms with Crippen LogP contribution in [0.5, 0.6) is 0 Å². The zero-order valence-electron chi connectivity index (χ0n) is 13.7. The zero-order chi connectivity index (χ0) is 17.7. The minimum Gasteiger partial charge on any atom is -0.410 e. The molecule has 2 amide bonds. The molecule has 0 saturated heterocycles. The summed E-state index contributed by atoms with van der Waals surface area (Å²) in [6, 6.07) is 7.93. The topological polar surface area (TPSA) is 114 Å². The number of para-hydroxylation sites is 1. The number of hydrogen-bond donors (Lipinski definition) is 2. The summed E-state index contributed by atoms with van der Waals surface area (Å²) in [4.78, 5) is 12.2. The lowest BCUT2D eigenvalue weighted by molar-refractivity contribution is 0.234. The Morgan fingerprint density at radius 1 is 1.25 bits per heavy atom. The number of carbonyl (C=O) groups excluding carboxylic acids is 1. The fraction of sp³-hybridized carbons (Fsp3) is 0.400. The second-order valence-corrected chi connectivity index (χ2v) is 7.40. The monoisotopic (exact) mass is 352 g/mol. The van der Waals surface area contributed by atoms with Crippen LogP contribution in [0.4, 0.5) is 10.5 Å². The fourth-order valence-corrected chi connectivity index (χ4v) is 2.43. The molecular weight excluding hydrogens is 332 g/mol. The predicted molar refractivity (Wildman–Crippen MR) is 88.2 cm³/mol. The maximum absolute atomic E-state index is 12.2. The first-order chi connectivity index (χ1) is 11.3. The highest BCUT2D eigenvalue weighted by atomic mass is 32.2. The van der Waals surface area contributed by atoms with Crippen LogP contribution in [0.15, 0.2) is 40.0 Å². The molecule has 0 aliphatic rings. The van der Waals surface area contributed by atoms with E-state index in [0.29, 0.717) is 5.69 Å². The fourth-order valence-electron chi connectivity index (χ4n) is 2.01. The van der Waals surface area contributed by atoms with Crippen LogP contribution in [-0.4, -0.2) is 30.9 Å². The largest absolute Gasteiger partial charge is 0.410 e. The standard InChI is InChI=1S/C15H20N4O4S/c1-4-10(2)12(13-18-19-15(23-13)24(3,21)22)17-14(20)16-11-8-6-5-7-9-11/h5-10,12H,4H2,1-3H3,(H2,16,17,20)/t10-,12+/m1/s1. The van der Waals surface area contributed by atoms with Gasteiger partial charge in [0.05, 0.1) is 0 Å². The molecule has 2 aromatic rings. The summed E-state index contributed by atoms with van der Waals surface area (Å²) in [5.74, 6) is 0.0346. The van der Waals surface area contributed by atoms with E-state index < -0.39 is 27.1 Å². The molecule has 1 heterocycles. The first kappa shape index (κ1) is 17.9. The molecule has 2 N–H and O–H groups in total. The molecule has 8 nitrogen and oxygen atoms in total. The minimum absolute atomic E-state index is 0.0283. The van der Waals surface area contributed by atoms with Crippen molar-refractivity contribution in [2.45, 2.75) is 31.5 Å². The molecule has 0 radical (unpaired) electrons. The van der Waals surface area contributed by atoms with E-state index in [1.807, 2.05) is 19.9 Å². The number of benzene rings is 1. The molecule has 24 heavy (non-hydrogen) atoms. The molecule has 1 aromatic heterocycles. The molecule has 0 fully saturated rings. The van der Waals surface area contributed by atoms with Crippen molar-refractivity contribution >= 4 is 21.6 Å². The number of anilines is 1. The number of carbonyl (C=O) groups is 1. The third-order valence-corrected chi connectivity index (χ3v) is 4.34. The summed E-state index contributed by atoms with van der Waals surface area (Å²) < 4.78 is 28.2. The van der Waals surface area contributed by atoms with Gasteiger partial charge in [-0.15, -0.1) is 5.10 Å². The van der Waals surface area contributed by atoms with Gasteiger partial charge in [0.1, 0.15) is 6.04 Å². The number of sulfone groups is 1. The van der Waals surface area contributed by atoms with Gasteiger partial charge >= 0.3 is 11.3 Å². The van der Waals surface area contributed by atoms with Crippen LogP contribution in [0.2, 0.25) is 0 Å². The first-order valence-electron chi connectivity index (χ1n) is 7.47. The average Bonchev–Trinajstić information content (AvgIpc) is 3.03. The van der Waals surface area contributed by atoms with E-state index in [-0.39, 0.29) is 11.8 Å². The van der Waals surface area contributed by atoms with Crippen LogP contribution in [-0.2, 0) is 9.84 Å². The summed E-state index contributed by atoms with van der Waals surface area (Å²) in [6.07, 6.45) is 1.71. The van der Waals surface area contributed by atoms with Crippen LogP contribution in [0.1, 0.15) is 32.2 Å². The number of urea groups is 1. The minimum atomic E-state index is -3.59. The SMILES string of the molecule is CC[C@@H](C)[C@H](NC(=O)Nc1ccccc1)c1nnc(S(C)(=O)=O)o1. The van der Waals surface area contributed by atoms with E-state index in [4.69, 9.17) is 4.42 Å². The number of aromatic nitrogens is 2. The smallest absolute Gasteiger partial charge is 0.335 e. The predicted octanol–water partition coefficient (Wildman–Crippen LogP) is 2.38. The molecular formula is C15H20N4O4S. The molecule has 130 valence electrons. The van der Waals surface area contributed by atoms with Crippen molar-refractivity contribution in [3.8, 4) is 0 Å². The molecule has 0 saturated carbocycles. The Labute approximate surface area is 140 Å². The highest BCUT2D eigenvalue weighted by Crippen LogP contribution is 2.24. The number of hydrogen-bond acceptors (Lipinski definition) is 6. The average molecular weight is 352 g/mol. The lowest BCUT2D eigenvalue weighted by atomic mass is 9.99. The van der Waals surface area contributed by atoms with Crippen molar-refractivity contribution in [1.82, 2.24) is 15.5 Å². The van der Waals surface area contributed by atoms with E-state index in [1.54, 1.807) is 24.3 Å². The number of nitrogens with one attached hydrogen (secondary N) is 2. The Balaban J connectivity index is 2.17. The van der Waals surface area contributed by atoms with E-state index in [0.717, 1.165) is 12.7 Å². The summed E-state index contributed by atoms with van der Waals surface area (Å²) in [5, 5.41) is 12.3. The molecule has 1 aromatic carbocycles. The highest BCUT2D eigenvalue weighted by molar-refractivity contribution is 7.90. The van der Waals surface area contributed by atoms with Crippen molar-refractivity contribution in [2.75, 3.05) is 11.6 Å². The van der Waals surface area contributed by atoms with Crippen molar-refractivity contribution in [3.05, 3.63) is 36.2 Å². The Kier molecular flexibility index (Phi) is 5.55. The quantitative estimate of drug-likeness (QED) is 0.825. The number of nitrogens with zero attached hydrogens (tertiary/aromatic N) is 2. The Bertz CT molecular complexity index is 789. The number of amides is 2. The van der Waals surface area contributed by atoms with Crippen LogP contribution < -0.4 is 10.6 Å². The van der Waals surface area contributed by atoms with E-state index in [1.165, 1.54) is 0 Å². The van der Waals surface area contributed by atoms with E-state index in [9.17, 15) is 13.2 Å². The Hall–Kier alpha value is -2.42. The molecule has 0 aliphatic heterocycles. The van der Waals surface area contributed by atoms with Crippen molar-refractivity contribution in [1.29, 1.82) is 0 Å². The van der Waals surface area contributed by atoms with Gasteiger partial charge in [-0.25, -0.2) is 13.2 Å². The van der Waals surface area contributed by atoms with Crippen molar-refractivity contribution < 1.29 is 17.6 Å². The summed E-state index contributed by atoms with van der Waals surface area (Å²) >= 11 is 0. The van der Waals surface area contributed by atoms with Crippen LogP contribution >= 0.6 is 0 Å². The lowest BCUT2D eigenvalue weighted by Crippen LogP contribution is -2.36. The van der Waals surface area contributed by atoms with E-state index in [2.05, 4.69) is 20.8 Å². The molecule has 0 unspecified atom stereocenters. The number of rotatable bonds is 6. The Morgan fingerprint density at radius 3 is 2.46 bits per heavy atom. The summed E-state index contributed by atoms with van der Waals surface area (Å²) in [7, 11) is -3.59. The normalized spacial score (nSPS) is 14.0. The molecule has 2 atom stereocenters. The third kappa shape index (κ3) is 4.54. The Morgan fingerprint density at radius 2 is 1.92 bits per heavy atom. The molecule has 0 bridgehead atoms. The van der Waals surface area contributed by atoms with E-state index >= 15 is 0 Å². The second kappa shape index (κ2) is 7.43. The summed E-state index contributed by atoms with van der Waals surface area (Å²) in [5.41, 5.74) is 0.639. The van der Waals surface area contributed by atoms with Gasteiger partial charge in [0.15, 0.2) is 0 Å². The zero-order valence-corrected chi connectivity index (χ0v) is 14.5. The third-order valence-electron chi connectivity index (χ3n) is 3.54. The lowest BCUT2D eigenvalue weighted by Gasteiger charge is -2.21. The molecule has 9 heteroatoms. The highest BCUT2D eigenvalue weighted by Gasteiger charge is 2.28. The van der Waals surface area contributed by atoms with Crippen LogP contribution in [0, 0.1) is 5.92 Å². The van der Waals surface area contributed by atoms with Gasteiger partial charge in [-0.2, -0.15) is 0 Å². The molecule has 0 aliphatic carbocycles. The molecule has 2 rings (SSSR count). The van der Waals surface area contributed by atoms with Gasteiger partial charge in [-0.05, 0) is 18.1 Å². The van der Waals surface area contributed by atoms with Crippen molar-refractivity contribution in [2.24, 2.45) is 5.92 Å². The summed E-state index contributed by atoms with van der Waals surface area (Å²) in [6.45, 7) is 3.85. The molecule has 0 spiro atoms. The second-order valence-electron chi connectivity index (χ2n) is 5.51. The maximum Gasteiger partial charge on any atom is 0.335 e. The van der Waals surface area contributed by atoms with Gasteiger partial charge in [-0.1, -0.05) is 43.6 Å². The van der Waals surface area contributed by atoms with Gasteiger partial charge in [0.2, 0.25) is 15.7 Å². The van der Waals surface area contributed by atoms with Crippen molar-refractivity contribution in [3.63, 3.8) is 0 Å². The first-order valence-corrected chi connectivity index (χ1v) is 9.36. The van der Waals surface area contributed by atoms with Crippen LogP contribution in [0.25, 0.3) is 0 Å². The van der Waals surface area contributed by atoms with Gasteiger partial charge < -0.3 is 15.1 Å². The van der Waals surface area contributed by atoms with Crippen LogP contribution in [0.3, 0.4) is 0 Å².